The standard InChI is InChI=1S/C16H10O4.H2O/c17-14-11-8-4-5-9-12(11)20-15(13(14)16(18)19)10-6-2-1-3-7-10;/h1-9H,(H,18,19);1H2. The summed E-state index contributed by atoms with van der Waals surface area (Å²) in [6.45, 7) is 0. The minimum atomic E-state index is -1.29. The molecule has 5 nitrogen and oxygen atoms in total. The van der Waals surface area contributed by atoms with Crippen molar-refractivity contribution in [3.63, 3.8) is 0 Å². The minimum absolute atomic E-state index is 0. The molecule has 106 valence electrons. The zero-order valence-corrected chi connectivity index (χ0v) is 10.9. The Kier molecular flexibility index (Phi) is 3.86. The van der Waals surface area contributed by atoms with Gasteiger partial charge in [-0.3, -0.25) is 4.79 Å². The molecule has 0 unspecified atom stereocenters. The summed E-state index contributed by atoms with van der Waals surface area (Å²) in [5.41, 5.74) is 0.0715. The van der Waals surface area contributed by atoms with Gasteiger partial charge in [-0.2, -0.15) is 0 Å². The second-order valence-corrected chi connectivity index (χ2v) is 4.30. The zero-order valence-electron chi connectivity index (χ0n) is 10.9. The van der Waals surface area contributed by atoms with Gasteiger partial charge in [-0.1, -0.05) is 42.5 Å². The molecule has 0 spiro atoms. The van der Waals surface area contributed by atoms with Gasteiger partial charge < -0.3 is 15.0 Å². The van der Waals surface area contributed by atoms with E-state index in [2.05, 4.69) is 0 Å². The van der Waals surface area contributed by atoms with Crippen molar-refractivity contribution in [2.24, 2.45) is 0 Å². The fraction of sp³-hybridized carbons (Fsp3) is 0. The maximum atomic E-state index is 12.3. The molecule has 3 rings (SSSR count). The van der Waals surface area contributed by atoms with E-state index in [1.165, 1.54) is 0 Å². The topological polar surface area (TPSA) is 99.0 Å². The monoisotopic (exact) mass is 284 g/mol. The first-order valence-corrected chi connectivity index (χ1v) is 6.03. The van der Waals surface area contributed by atoms with Gasteiger partial charge in [0.15, 0.2) is 11.3 Å². The zero-order chi connectivity index (χ0) is 14.1. The highest BCUT2D eigenvalue weighted by Gasteiger charge is 2.21. The fourth-order valence-corrected chi connectivity index (χ4v) is 2.13. The predicted octanol–water partition coefficient (Wildman–Crippen LogP) is 2.33. The van der Waals surface area contributed by atoms with E-state index in [9.17, 15) is 14.7 Å². The third-order valence-electron chi connectivity index (χ3n) is 3.05. The number of hydrogen-bond donors (Lipinski definition) is 1. The third-order valence-corrected chi connectivity index (χ3v) is 3.05. The van der Waals surface area contributed by atoms with Gasteiger partial charge in [-0.05, 0) is 12.1 Å². The minimum Gasteiger partial charge on any atom is -0.477 e. The van der Waals surface area contributed by atoms with Gasteiger partial charge >= 0.3 is 5.97 Å². The third kappa shape index (κ3) is 2.42. The lowest BCUT2D eigenvalue weighted by Gasteiger charge is -2.06. The lowest BCUT2D eigenvalue weighted by molar-refractivity contribution is 0.0694. The fourth-order valence-electron chi connectivity index (χ4n) is 2.13. The average Bonchev–Trinajstić information content (AvgIpc) is 2.47. The molecule has 0 aliphatic rings. The molecule has 0 saturated heterocycles. The molecule has 5 heteroatoms. The summed E-state index contributed by atoms with van der Waals surface area (Å²) in [5, 5.41) is 9.58. The van der Waals surface area contributed by atoms with E-state index in [0.29, 0.717) is 11.1 Å². The smallest absolute Gasteiger partial charge is 0.343 e. The van der Waals surface area contributed by atoms with Crippen LogP contribution >= 0.6 is 0 Å². The van der Waals surface area contributed by atoms with Crippen molar-refractivity contribution in [2.75, 3.05) is 0 Å². The lowest BCUT2D eigenvalue weighted by atomic mass is 10.0. The molecule has 0 bridgehead atoms. The highest BCUT2D eigenvalue weighted by Crippen LogP contribution is 2.25. The molecule has 0 amide bonds. The average molecular weight is 284 g/mol. The normalized spacial score (nSPS) is 10.1. The summed E-state index contributed by atoms with van der Waals surface area (Å²) < 4.78 is 5.64. The van der Waals surface area contributed by atoms with Crippen molar-refractivity contribution in [1.82, 2.24) is 0 Å². The molecule has 0 fully saturated rings. The number of rotatable bonds is 2. The summed E-state index contributed by atoms with van der Waals surface area (Å²) >= 11 is 0. The number of aromatic carboxylic acids is 1. The van der Waals surface area contributed by atoms with Gasteiger partial charge in [0.25, 0.3) is 0 Å². The highest BCUT2D eigenvalue weighted by molar-refractivity contribution is 5.97. The van der Waals surface area contributed by atoms with Crippen molar-refractivity contribution in [3.8, 4) is 11.3 Å². The summed E-state index contributed by atoms with van der Waals surface area (Å²) in [4.78, 5) is 23.7. The number of fused-ring (bicyclic) bond motifs is 1. The molecule has 3 N–H and O–H groups in total. The van der Waals surface area contributed by atoms with Crippen LogP contribution < -0.4 is 5.43 Å². The van der Waals surface area contributed by atoms with Crippen LogP contribution in [0.3, 0.4) is 0 Å². The molecule has 0 radical (unpaired) electrons. The van der Waals surface area contributed by atoms with Crippen LogP contribution in [-0.2, 0) is 0 Å². The Morgan fingerprint density at radius 2 is 1.57 bits per heavy atom. The molecule has 0 saturated carbocycles. The number of carbonyl (C=O) groups is 1. The molecule has 0 aliphatic heterocycles. The van der Waals surface area contributed by atoms with Crippen LogP contribution in [0.15, 0.2) is 63.8 Å². The Morgan fingerprint density at radius 1 is 0.952 bits per heavy atom. The number of para-hydroxylation sites is 1. The summed E-state index contributed by atoms with van der Waals surface area (Å²) in [6.07, 6.45) is 0. The van der Waals surface area contributed by atoms with Crippen LogP contribution in [0.2, 0.25) is 0 Å². The largest absolute Gasteiger partial charge is 0.477 e. The van der Waals surface area contributed by atoms with E-state index < -0.39 is 11.4 Å². The highest BCUT2D eigenvalue weighted by atomic mass is 16.4. The second kappa shape index (κ2) is 5.60. The number of carboxylic acid groups (broad SMARTS) is 1. The molecule has 3 aromatic rings. The molecular formula is C16H12O5. The summed E-state index contributed by atoms with van der Waals surface area (Å²) in [7, 11) is 0. The molecular weight excluding hydrogens is 272 g/mol. The second-order valence-electron chi connectivity index (χ2n) is 4.30. The first-order valence-electron chi connectivity index (χ1n) is 6.03. The summed E-state index contributed by atoms with van der Waals surface area (Å²) in [5.74, 6) is -1.20. The van der Waals surface area contributed by atoms with E-state index in [1.807, 2.05) is 6.07 Å². The van der Waals surface area contributed by atoms with E-state index in [4.69, 9.17) is 4.42 Å². The number of benzene rings is 2. The first-order chi connectivity index (χ1) is 9.68. The van der Waals surface area contributed by atoms with Gasteiger partial charge in [0.2, 0.25) is 5.43 Å². The Balaban J connectivity index is 0.00000161. The molecule has 0 aliphatic carbocycles. The Labute approximate surface area is 119 Å². The molecule has 1 aromatic heterocycles. The molecule has 21 heavy (non-hydrogen) atoms. The van der Waals surface area contributed by atoms with Gasteiger partial charge in [0.1, 0.15) is 5.58 Å². The number of hydrogen-bond acceptors (Lipinski definition) is 3. The van der Waals surface area contributed by atoms with Crippen LogP contribution in [0.4, 0.5) is 0 Å². The number of carboxylic acids is 1. The van der Waals surface area contributed by atoms with Crippen molar-refractivity contribution < 1.29 is 19.8 Å². The van der Waals surface area contributed by atoms with Gasteiger partial charge in [0.05, 0.1) is 5.39 Å². The van der Waals surface area contributed by atoms with Crippen LogP contribution in [0.1, 0.15) is 10.4 Å². The molecule has 2 aromatic carbocycles. The summed E-state index contributed by atoms with van der Waals surface area (Å²) in [6, 6.07) is 15.4. The van der Waals surface area contributed by atoms with Crippen LogP contribution in [0, 0.1) is 0 Å². The van der Waals surface area contributed by atoms with Crippen LogP contribution in [0.5, 0.6) is 0 Å². The van der Waals surface area contributed by atoms with Gasteiger partial charge in [-0.25, -0.2) is 4.79 Å². The van der Waals surface area contributed by atoms with Crippen LogP contribution in [-0.4, -0.2) is 16.6 Å². The lowest BCUT2D eigenvalue weighted by Crippen LogP contribution is -2.16. The Bertz CT molecular complexity index is 849. The maximum Gasteiger partial charge on any atom is 0.343 e. The van der Waals surface area contributed by atoms with E-state index in [1.54, 1.807) is 48.5 Å². The van der Waals surface area contributed by atoms with E-state index in [-0.39, 0.29) is 22.2 Å². The van der Waals surface area contributed by atoms with Crippen molar-refractivity contribution in [1.29, 1.82) is 0 Å². The SMILES string of the molecule is O.O=C(O)c1c(-c2ccccc2)oc2ccccc2c1=O. The van der Waals surface area contributed by atoms with Crippen molar-refractivity contribution >= 4 is 16.9 Å². The van der Waals surface area contributed by atoms with Crippen molar-refractivity contribution in [2.45, 2.75) is 0 Å². The van der Waals surface area contributed by atoms with Crippen LogP contribution in [0.25, 0.3) is 22.3 Å². The van der Waals surface area contributed by atoms with Gasteiger partial charge in [-0.15, -0.1) is 0 Å². The van der Waals surface area contributed by atoms with Gasteiger partial charge in [0, 0.05) is 5.56 Å². The van der Waals surface area contributed by atoms with E-state index >= 15 is 0 Å². The first kappa shape index (κ1) is 14.5. The Hall–Kier alpha value is -2.92. The van der Waals surface area contributed by atoms with E-state index in [0.717, 1.165) is 0 Å². The predicted molar refractivity (Wildman–Crippen MR) is 78.5 cm³/mol. The Morgan fingerprint density at radius 3 is 2.24 bits per heavy atom. The van der Waals surface area contributed by atoms with Crippen molar-refractivity contribution in [3.05, 3.63) is 70.4 Å². The molecule has 1 heterocycles. The quantitative estimate of drug-likeness (QED) is 0.780. The maximum absolute atomic E-state index is 12.3. The molecule has 0 atom stereocenters.